The Hall–Kier alpha value is -3.64. The lowest BCUT2D eigenvalue weighted by atomic mass is 9.84. The van der Waals surface area contributed by atoms with Crippen molar-refractivity contribution in [3.8, 4) is 11.6 Å². The number of anilines is 1. The highest BCUT2D eigenvalue weighted by Gasteiger charge is 2.45. The molecule has 0 spiro atoms. The summed E-state index contributed by atoms with van der Waals surface area (Å²) in [6, 6.07) is 5.99. The minimum Gasteiger partial charge on any atom is -0.480 e. The highest BCUT2D eigenvalue weighted by molar-refractivity contribution is 6.30. The predicted molar refractivity (Wildman–Crippen MR) is 135 cm³/mol. The van der Waals surface area contributed by atoms with Crippen molar-refractivity contribution < 1.29 is 27.8 Å². The first-order valence-electron chi connectivity index (χ1n) is 11.8. The smallest absolute Gasteiger partial charge is 0.429 e. The van der Waals surface area contributed by atoms with Crippen molar-refractivity contribution in [3.63, 3.8) is 0 Å². The molecule has 1 aliphatic carbocycles. The predicted octanol–water partition coefficient (Wildman–Crippen LogP) is 4.87. The first-order chi connectivity index (χ1) is 17.9. The molecule has 38 heavy (non-hydrogen) atoms. The van der Waals surface area contributed by atoms with E-state index in [9.17, 15) is 18.0 Å². The summed E-state index contributed by atoms with van der Waals surface area (Å²) in [7, 11) is 0. The van der Waals surface area contributed by atoms with Crippen molar-refractivity contribution in [1.82, 2.24) is 19.7 Å². The number of aryl methyl sites for hydroxylation is 1. The molecule has 4 rings (SSSR count). The van der Waals surface area contributed by atoms with Crippen LogP contribution in [0.1, 0.15) is 48.7 Å². The van der Waals surface area contributed by atoms with Crippen LogP contribution in [-0.2, 0) is 4.79 Å². The van der Waals surface area contributed by atoms with Gasteiger partial charge in [0.1, 0.15) is 6.04 Å². The van der Waals surface area contributed by atoms with Gasteiger partial charge < -0.3 is 21.3 Å². The molecule has 9 nitrogen and oxygen atoms in total. The highest BCUT2D eigenvalue weighted by Crippen LogP contribution is 2.40. The third kappa shape index (κ3) is 6.43. The summed E-state index contributed by atoms with van der Waals surface area (Å²) >= 11 is 6.09. The number of carbonyl (C=O) groups is 1. The lowest BCUT2D eigenvalue weighted by molar-refractivity contribution is -0.198. The van der Waals surface area contributed by atoms with Gasteiger partial charge in [-0.3, -0.25) is 4.79 Å². The fourth-order valence-electron chi connectivity index (χ4n) is 4.38. The number of aliphatic carboxylic acids is 1. The average Bonchev–Trinajstić information content (AvgIpc) is 3.28. The molecule has 0 bridgehead atoms. The van der Waals surface area contributed by atoms with Crippen LogP contribution >= 0.6 is 11.6 Å². The second-order valence-electron chi connectivity index (χ2n) is 9.14. The number of nitrogen functional groups attached to an aromatic ring is 1. The SMILES string of the molecule is Cc1ccn(-c2cc(Cl)ccc2[C@@H](Oc2cc(C3=CCC(C[C@H](N)C(=O)O)CC3)nc(N)n2)C(F)(F)F)n1. The number of hydrogen-bond acceptors (Lipinski definition) is 7. The van der Waals surface area contributed by atoms with E-state index in [1.807, 2.05) is 6.08 Å². The number of allylic oxidation sites excluding steroid dienone is 2. The Bertz CT molecular complexity index is 1360. The van der Waals surface area contributed by atoms with E-state index < -0.39 is 24.3 Å². The van der Waals surface area contributed by atoms with Crippen LogP contribution in [0.4, 0.5) is 19.1 Å². The third-order valence-electron chi connectivity index (χ3n) is 6.25. The van der Waals surface area contributed by atoms with Crippen LogP contribution in [0.15, 0.2) is 42.6 Å². The summed E-state index contributed by atoms with van der Waals surface area (Å²) < 4.78 is 49.7. The number of hydrogen-bond donors (Lipinski definition) is 3. The van der Waals surface area contributed by atoms with Crippen LogP contribution in [0.3, 0.4) is 0 Å². The van der Waals surface area contributed by atoms with Crippen molar-refractivity contribution in [2.75, 3.05) is 5.73 Å². The summed E-state index contributed by atoms with van der Waals surface area (Å²) in [5, 5.41) is 13.5. The lowest BCUT2D eigenvalue weighted by Crippen LogP contribution is -2.32. The fraction of sp³-hybridized carbons (Fsp3) is 0.360. The van der Waals surface area contributed by atoms with Crippen LogP contribution in [0.2, 0.25) is 5.02 Å². The Balaban J connectivity index is 1.63. The summed E-state index contributed by atoms with van der Waals surface area (Å²) in [6.45, 7) is 1.71. The Morgan fingerprint density at radius 3 is 2.66 bits per heavy atom. The fourth-order valence-corrected chi connectivity index (χ4v) is 4.54. The molecule has 1 aromatic carbocycles. The van der Waals surface area contributed by atoms with Gasteiger partial charge in [0, 0.05) is 22.8 Å². The van der Waals surface area contributed by atoms with Crippen molar-refractivity contribution in [1.29, 1.82) is 0 Å². The van der Waals surface area contributed by atoms with Gasteiger partial charge in [-0.2, -0.15) is 23.3 Å². The van der Waals surface area contributed by atoms with E-state index in [1.54, 1.807) is 13.0 Å². The number of rotatable bonds is 8. The van der Waals surface area contributed by atoms with Gasteiger partial charge in [0.05, 0.1) is 17.1 Å². The molecule has 0 radical (unpaired) electrons. The lowest BCUT2D eigenvalue weighted by Gasteiger charge is -2.25. The molecule has 0 saturated carbocycles. The number of carboxylic acid groups (broad SMARTS) is 1. The Morgan fingerprint density at radius 2 is 2.05 bits per heavy atom. The van der Waals surface area contributed by atoms with Crippen LogP contribution in [0.5, 0.6) is 5.88 Å². The number of alkyl halides is 3. The Morgan fingerprint density at radius 1 is 1.29 bits per heavy atom. The van der Waals surface area contributed by atoms with Crippen LogP contribution < -0.4 is 16.2 Å². The number of carboxylic acids is 1. The Labute approximate surface area is 221 Å². The standard InChI is InChI=1S/C25H26ClF3N6O3/c1-13-8-9-35(34-13)20-11-16(26)6-7-17(20)22(25(27,28)29)38-21-12-19(32-24(31)33-21)15-4-2-14(3-5-15)10-18(30)23(36)37/h4,6-9,11-12,14,18,22H,2-3,5,10,30H2,1H3,(H,36,37)(H2,31,32,33)/t14?,18-,22+/m0/s1. The normalized spacial score (nSPS) is 17.5. The highest BCUT2D eigenvalue weighted by atomic mass is 35.5. The van der Waals surface area contributed by atoms with Crippen LogP contribution in [-0.4, -0.2) is 43.0 Å². The molecular weight excluding hydrogens is 525 g/mol. The molecule has 13 heteroatoms. The Kier molecular flexibility index (Phi) is 7.93. The number of halogens is 4. The van der Waals surface area contributed by atoms with Crippen molar-refractivity contribution in [3.05, 3.63) is 64.6 Å². The van der Waals surface area contributed by atoms with Gasteiger partial charge in [0.2, 0.25) is 17.9 Å². The second-order valence-corrected chi connectivity index (χ2v) is 9.58. The average molecular weight is 551 g/mol. The number of benzene rings is 1. The van der Waals surface area contributed by atoms with Crippen molar-refractivity contribution in [2.45, 2.75) is 50.9 Å². The minimum atomic E-state index is -4.81. The number of nitrogens with zero attached hydrogens (tertiary/aromatic N) is 4. The zero-order valence-electron chi connectivity index (χ0n) is 20.3. The van der Waals surface area contributed by atoms with Gasteiger partial charge in [-0.1, -0.05) is 23.7 Å². The molecule has 0 aliphatic heterocycles. The second kappa shape index (κ2) is 11.0. The van der Waals surface area contributed by atoms with Gasteiger partial charge in [-0.15, -0.1) is 0 Å². The molecule has 1 aliphatic rings. The molecule has 3 aromatic rings. The van der Waals surface area contributed by atoms with Crippen LogP contribution in [0.25, 0.3) is 11.3 Å². The molecule has 0 saturated heterocycles. The monoisotopic (exact) mass is 550 g/mol. The summed E-state index contributed by atoms with van der Waals surface area (Å²) in [5.41, 5.74) is 13.1. The molecule has 5 N–H and O–H groups in total. The van der Waals surface area contributed by atoms with Gasteiger partial charge in [-0.05, 0) is 62.3 Å². The summed E-state index contributed by atoms with van der Waals surface area (Å²) in [4.78, 5) is 19.1. The van der Waals surface area contributed by atoms with E-state index in [0.717, 1.165) is 5.57 Å². The topological polar surface area (TPSA) is 142 Å². The molecule has 0 fully saturated rings. The van der Waals surface area contributed by atoms with E-state index in [4.69, 9.17) is 32.9 Å². The first-order valence-corrected chi connectivity index (χ1v) is 12.2. The first kappa shape index (κ1) is 27.4. The number of aromatic nitrogens is 4. The maximum absolute atomic E-state index is 14.3. The maximum atomic E-state index is 14.3. The van der Waals surface area contributed by atoms with Crippen LogP contribution in [0, 0.1) is 12.8 Å². The maximum Gasteiger partial charge on any atom is 0.429 e. The van der Waals surface area contributed by atoms with E-state index >= 15 is 0 Å². The molecule has 2 heterocycles. The van der Waals surface area contributed by atoms with Gasteiger partial charge >= 0.3 is 12.1 Å². The zero-order valence-corrected chi connectivity index (χ0v) is 21.1. The van der Waals surface area contributed by atoms with E-state index in [1.165, 1.54) is 35.1 Å². The van der Waals surface area contributed by atoms with Gasteiger partial charge in [0.25, 0.3) is 0 Å². The van der Waals surface area contributed by atoms with E-state index in [0.29, 0.717) is 37.1 Å². The summed E-state index contributed by atoms with van der Waals surface area (Å²) in [6.07, 6.45) is -1.76. The minimum absolute atomic E-state index is 0.0728. The van der Waals surface area contributed by atoms with Crippen molar-refractivity contribution in [2.24, 2.45) is 11.7 Å². The van der Waals surface area contributed by atoms with E-state index in [-0.39, 0.29) is 34.0 Å². The molecule has 0 amide bonds. The largest absolute Gasteiger partial charge is 0.480 e. The molecule has 1 unspecified atom stereocenters. The van der Waals surface area contributed by atoms with Gasteiger partial charge in [0.15, 0.2) is 0 Å². The molecule has 2 aromatic heterocycles. The quantitative estimate of drug-likeness (QED) is 0.360. The molecule has 3 atom stereocenters. The third-order valence-corrected chi connectivity index (χ3v) is 6.49. The van der Waals surface area contributed by atoms with Gasteiger partial charge in [-0.25, -0.2) is 9.67 Å². The number of nitrogens with two attached hydrogens (primary N) is 2. The molecular formula is C25H26ClF3N6O3. The zero-order chi connectivity index (χ0) is 27.6. The summed E-state index contributed by atoms with van der Waals surface area (Å²) in [5.74, 6) is -1.57. The molecule has 202 valence electrons. The van der Waals surface area contributed by atoms with E-state index in [2.05, 4.69) is 15.1 Å². The number of ether oxygens (including phenoxy) is 1. The van der Waals surface area contributed by atoms with Crippen molar-refractivity contribution >= 4 is 29.1 Å².